The largest absolute Gasteiger partial charge is 0.462 e. The molecule has 0 amide bonds. The molecule has 4 heteroatoms. The lowest BCUT2D eigenvalue weighted by molar-refractivity contribution is -0.139. The van der Waals surface area contributed by atoms with Crippen LogP contribution in [0.3, 0.4) is 0 Å². The summed E-state index contributed by atoms with van der Waals surface area (Å²) in [5.41, 5.74) is 0.392. The third-order valence-electron chi connectivity index (χ3n) is 6.34. The van der Waals surface area contributed by atoms with Gasteiger partial charge in [-0.25, -0.2) is 4.79 Å². The Bertz CT molecular complexity index is 575. The SMILES string of the molecule is C=C(C)C(=O)OCCCCCCOC1(C=CC2CCC(C#N)CC2)CCCCC1. The zero-order valence-corrected chi connectivity index (χ0v) is 18.3. The Morgan fingerprint density at radius 1 is 1.07 bits per heavy atom. The van der Waals surface area contributed by atoms with E-state index in [1.807, 2.05) is 0 Å². The summed E-state index contributed by atoms with van der Waals surface area (Å²) in [5.74, 6) is 0.591. The van der Waals surface area contributed by atoms with Crippen LogP contribution in [0.4, 0.5) is 0 Å². The fourth-order valence-corrected chi connectivity index (χ4v) is 4.38. The molecule has 0 saturated heterocycles. The van der Waals surface area contributed by atoms with Crippen LogP contribution >= 0.6 is 0 Å². The van der Waals surface area contributed by atoms with Gasteiger partial charge in [-0.3, -0.25) is 0 Å². The summed E-state index contributed by atoms with van der Waals surface area (Å²) in [6, 6.07) is 2.42. The fraction of sp³-hybridized carbons (Fsp3) is 0.760. The van der Waals surface area contributed by atoms with E-state index in [1.54, 1.807) is 6.92 Å². The first-order valence-electron chi connectivity index (χ1n) is 11.6. The summed E-state index contributed by atoms with van der Waals surface area (Å²) in [4.78, 5) is 11.3. The smallest absolute Gasteiger partial charge is 0.333 e. The molecule has 162 valence electrons. The number of carbonyl (C=O) groups excluding carboxylic acids is 1. The van der Waals surface area contributed by atoms with E-state index in [0.29, 0.717) is 18.1 Å². The van der Waals surface area contributed by atoms with Gasteiger partial charge in [-0.1, -0.05) is 44.4 Å². The Kier molecular flexibility index (Phi) is 10.5. The third-order valence-corrected chi connectivity index (χ3v) is 6.34. The normalized spacial score (nSPS) is 24.1. The molecule has 2 aliphatic rings. The van der Waals surface area contributed by atoms with Crippen LogP contribution in [0, 0.1) is 23.2 Å². The minimum Gasteiger partial charge on any atom is -0.462 e. The van der Waals surface area contributed by atoms with Crippen LogP contribution in [0.25, 0.3) is 0 Å². The van der Waals surface area contributed by atoms with E-state index in [1.165, 1.54) is 19.3 Å². The fourth-order valence-electron chi connectivity index (χ4n) is 4.38. The van der Waals surface area contributed by atoms with Crippen molar-refractivity contribution in [3.8, 4) is 6.07 Å². The van der Waals surface area contributed by atoms with Crippen LogP contribution in [0.2, 0.25) is 0 Å². The van der Waals surface area contributed by atoms with Gasteiger partial charge in [0.2, 0.25) is 0 Å². The molecule has 0 aromatic carbocycles. The molecular formula is C25H39NO3. The Labute approximate surface area is 177 Å². The van der Waals surface area contributed by atoms with E-state index >= 15 is 0 Å². The van der Waals surface area contributed by atoms with Gasteiger partial charge >= 0.3 is 5.97 Å². The lowest BCUT2D eigenvalue weighted by Gasteiger charge is -2.35. The second kappa shape index (κ2) is 12.9. The van der Waals surface area contributed by atoms with E-state index in [0.717, 1.165) is 70.8 Å². The van der Waals surface area contributed by atoms with Crippen LogP contribution in [0.1, 0.15) is 90.4 Å². The maximum Gasteiger partial charge on any atom is 0.333 e. The van der Waals surface area contributed by atoms with Crippen molar-refractivity contribution < 1.29 is 14.3 Å². The molecule has 2 fully saturated rings. The molecule has 0 atom stereocenters. The van der Waals surface area contributed by atoms with Crippen molar-refractivity contribution in [2.45, 2.75) is 96.0 Å². The quantitative estimate of drug-likeness (QED) is 0.177. The highest BCUT2D eigenvalue weighted by Gasteiger charge is 2.30. The predicted molar refractivity (Wildman–Crippen MR) is 116 cm³/mol. The minimum absolute atomic E-state index is 0.0681. The molecule has 0 aromatic heterocycles. The summed E-state index contributed by atoms with van der Waals surface area (Å²) in [7, 11) is 0. The van der Waals surface area contributed by atoms with Crippen LogP contribution in [0.5, 0.6) is 0 Å². The maximum absolute atomic E-state index is 11.3. The van der Waals surface area contributed by atoms with Gasteiger partial charge in [0, 0.05) is 18.1 Å². The van der Waals surface area contributed by atoms with Gasteiger partial charge in [-0.15, -0.1) is 0 Å². The molecule has 4 nitrogen and oxygen atoms in total. The van der Waals surface area contributed by atoms with Crippen LogP contribution in [0.15, 0.2) is 24.3 Å². The van der Waals surface area contributed by atoms with Gasteiger partial charge in [-0.05, 0) is 70.6 Å². The molecule has 0 spiro atoms. The van der Waals surface area contributed by atoms with Gasteiger partial charge in [0.25, 0.3) is 0 Å². The average molecular weight is 402 g/mol. The Hall–Kier alpha value is -1.60. The van der Waals surface area contributed by atoms with E-state index in [4.69, 9.17) is 14.7 Å². The molecule has 0 heterocycles. The van der Waals surface area contributed by atoms with Crippen LogP contribution in [-0.2, 0) is 14.3 Å². The second-order valence-corrected chi connectivity index (χ2v) is 8.90. The van der Waals surface area contributed by atoms with E-state index in [2.05, 4.69) is 24.8 Å². The van der Waals surface area contributed by atoms with Crippen molar-refractivity contribution in [2.24, 2.45) is 11.8 Å². The maximum atomic E-state index is 11.3. The molecular weight excluding hydrogens is 362 g/mol. The number of rotatable bonds is 11. The first kappa shape index (κ1) is 23.7. The number of allylic oxidation sites excluding steroid dienone is 1. The van der Waals surface area contributed by atoms with Crippen molar-refractivity contribution >= 4 is 5.97 Å². The predicted octanol–water partition coefficient (Wildman–Crippen LogP) is 6.27. The highest BCUT2D eigenvalue weighted by atomic mass is 16.5. The monoisotopic (exact) mass is 401 g/mol. The number of unbranched alkanes of at least 4 members (excludes halogenated alkanes) is 3. The topological polar surface area (TPSA) is 59.3 Å². The zero-order valence-electron chi connectivity index (χ0n) is 18.3. The third kappa shape index (κ3) is 8.74. The number of esters is 1. The van der Waals surface area contributed by atoms with Crippen molar-refractivity contribution in [1.82, 2.24) is 0 Å². The molecule has 0 aromatic rings. The summed E-state index contributed by atoms with van der Waals surface area (Å²) >= 11 is 0. The lowest BCUT2D eigenvalue weighted by atomic mass is 9.80. The molecule has 2 saturated carbocycles. The van der Waals surface area contributed by atoms with Crippen LogP contribution < -0.4 is 0 Å². The van der Waals surface area contributed by atoms with Gasteiger partial charge in [0.05, 0.1) is 18.3 Å². The molecule has 29 heavy (non-hydrogen) atoms. The van der Waals surface area contributed by atoms with E-state index < -0.39 is 0 Å². The average Bonchev–Trinajstić information content (AvgIpc) is 2.75. The Balaban J connectivity index is 1.66. The number of nitrogens with zero attached hydrogens (tertiary/aromatic N) is 1. The van der Waals surface area contributed by atoms with Gasteiger partial charge in [-0.2, -0.15) is 5.26 Å². The van der Waals surface area contributed by atoms with Crippen molar-refractivity contribution in [2.75, 3.05) is 13.2 Å². The van der Waals surface area contributed by atoms with Crippen molar-refractivity contribution in [3.05, 3.63) is 24.3 Å². The Morgan fingerprint density at radius 2 is 1.72 bits per heavy atom. The molecule has 0 N–H and O–H groups in total. The van der Waals surface area contributed by atoms with E-state index in [-0.39, 0.29) is 17.5 Å². The minimum atomic E-state index is -0.291. The van der Waals surface area contributed by atoms with Crippen molar-refractivity contribution in [3.63, 3.8) is 0 Å². The van der Waals surface area contributed by atoms with E-state index in [9.17, 15) is 4.79 Å². The highest BCUT2D eigenvalue weighted by Crippen LogP contribution is 2.35. The number of carbonyl (C=O) groups is 1. The molecule has 0 aliphatic heterocycles. The second-order valence-electron chi connectivity index (χ2n) is 8.90. The van der Waals surface area contributed by atoms with Crippen LogP contribution in [-0.4, -0.2) is 24.8 Å². The summed E-state index contributed by atoms with van der Waals surface area (Å²) in [5, 5.41) is 9.07. The van der Waals surface area contributed by atoms with Gasteiger partial charge < -0.3 is 9.47 Å². The molecule has 0 bridgehead atoms. The number of hydrogen-bond acceptors (Lipinski definition) is 4. The first-order valence-corrected chi connectivity index (χ1v) is 11.6. The standard InChI is InChI=1S/C25H39NO3/c1-21(2)24(27)28-18-8-3-4-9-19-29-25(15-6-5-7-16-25)17-14-22-10-12-23(20-26)13-11-22/h14,17,22-23H,1,3-13,15-16,18-19H2,2H3. The molecule has 2 aliphatic carbocycles. The zero-order chi connectivity index (χ0) is 21.0. The summed E-state index contributed by atoms with van der Waals surface area (Å²) < 4.78 is 11.6. The number of ether oxygens (including phenoxy) is 2. The lowest BCUT2D eigenvalue weighted by Crippen LogP contribution is -2.33. The molecule has 2 rings (SSSR count). The molecule has 0 radical (unpaired) electrons. The number of hydrogen-bond donors (Lipinski definition) is 0. The summed E-state index contributed by atoms with van der Waals surface area (Å²) in [6.45, 7) is 6.54. The molecule has 0 unspecified atom stereocenters. The van der Waals surface area contributed by atoms with Crippen molar-refractivity contribution in [1.29, 1.82) is 5.26 Å². The first-order chi connectivity index (χ1) is 14.0. The summed E-state index contributed by atoms with van der Waals surface area (Å²) in [6.07, 6.45) is 19.3. The number of nitriles is 1. The highest BCUT2D eigenvalue weighted by molar-refractivity contribution is 5.86. The van der Waals surface area contributed by atoms with Gasteiger partial charge in [0.15, 0.2) is 0 Å². The van der Waals surface area contributed by atoms with Gasteiger partial charge in [0.1, 0.15) is 0 Å². The Morgan fingerprint density at radius 3 is 2.34 bits per heavy atom.